The Hall–Kier alpha value is -2.30. The first-order valence-corrected chi connectivity index (χ1v) is 5.70. The summed E-state index contributed by atoms with van der Waals surface area (Å²) in [5.41, 5.74) is 7.28. The van der Waals surface area contributed by atoms with Crippen molar-refractivity contribution in [3.63, 3.8) is 0 Å². The molecule has 5 heteroatoms. The van der Waals surface area contributed by atoms with Crippen LogP contribution in [0.1, 0.15) is 29.2 Å². The highest BCUT2D eigenvalue weighted by molar-refractivity contribution is 5.75. The normalized spacial score (nSPS) is 12.3. The van der Waals surface area contributed by atoms with Crippen LogP contribution in [-0.2, 0) is 4.79 Å². The number of benzene rings is 1. The molecule has 0 fully saturated rings. The highest BCUT2D eigenvalue weighted by atomic mass is 16.1. The smallest absolute Gasteiger partial charge is 0.267 e. The Kier molecular flexibility index (Phi) is 3.32. The van der Waals surface area contributed by atoms with E-state index in [0.717, 1.165) is 11.3 Å². The van der Waals surface area contributed by atoms with Crippen molar-refractivity contribution in [3.8, 4) is 0 Å². The Labute approximate surface area is 104 Å². The molecule has 0 saturated carbocycles. The van der Waals surface area contributed by atoms with Gasteiger partial charge in [0.2, 0.25) is 5.91 Å². The maximum absolute atomic E-state index is 11.8. The maximum atomic E-state index is 11.8. The van der Waals surface area contributed by atoms with Gasteiger partial charge in [-0.05, 0) is 12.5 Å². The van der Waals surface area contributed by atoms with Crippen molar-refractivity contribution in [2.45, 2.75) is 19.3 Å². The highest BCUT2D eigenvalue weighted by Crippen LogP contribution is 2.26. The second kappa shape index (κ2) is 4.91. The lowest BCUT2D eigenvalue weighted by Crippen LogP contribution is -2.20. The molecule has 1 aromatic heterocycles. The number of hydrogen-bond acceptors (Lipinski definition) is 2. The number of carbonyl (C=O) groups is 1. The van der Waals surface area contributed by atoms with E-state index in [1.807, 2.05) is 30.3 Å². The molecule has 2 rings (SSSR count). The first-order chi connectivity index (χ1) is 8.59. The molecule has 1 amide bonds. The highest BCUT2D eigenvalue weighted by Gasteiger charge is 2.22. The van der Waals surface area contributed by atoms with Crippen LogP contribution in [-0.4, -0.2) is 16.1 Å². The zero-order valence-electron chi connectivity index (χ0n) is 10.1. The lowest BCUT2D eigenvalue weighted by Gasteiger charge is -2.14. The number of amides is 1. The summed E-state index contributed by atoms with van der Waals surface area (Å²) in [5, 5.41) is 5.30. The molecule has 0 saturated heterocycles. The predicted molar refractivity (Wildman–Crippen MR) is 68.2 cm³/mol. The van der Waals surface area contributed by atoms with Crippen LogP contribution in [0.4, 0.5) is 0 Å². The van der Waals surface area contributed by atoms with Crippen LogP contribution < -0.4 is 11.3 Å². The molecule has 1 atom stereocenters. The van der Waals surface area contributed by atoms with Gasteiger partial charge in [0.1, 0.15) is 0 Å². The van der Waals surface area contributed by atoms with E-state index in [9.17, 15) is 9.59 Å². The number of carbonyl (C=O) groups excluding carboxylic acids is 1. The lowest BCUT2D eigenvalue weighted by atomic mass is 9.88. The van der Waals surface area contributed by atoms with Gasteiger partial charge in [-0.25, -0.2) is 0 Å². The van der Waals surface area contributed by atoms with E-state index in [1.54, 1.807) is 6.92 Å². The number of nitrogens with two attached hydrogens (primary N) is 1. The second-order valence-corrected chi connectivity index (χ2v) is 4.25. The summed E-state index contributed by atoms with van der Waals surface area (Å²) in [6, 6.07) is 9.41. The quantitative estimate of drug-likeness (QED) is 0.750. The molecule has 94 valence electrons. The number of rotatable bonds is 4. The number of aromatic amines is 2. The Balaban J connectivity index is 2.50. The van der Waals surface area contributed by atoms with Gasteiger partial charge in [0.15, 0.2) is 0 Å². The van der Waals surface area contributed by atoms with E-state index in [-0.39, 0.29) is 17.9 Å². The molecule has 0 aliphatic carbocycles. The number of hydrogen-bond donors (Lipinski definition) is 3. The summed E-state index contributed by atoms with van der Waals surface area (Å²) in [6.07, 6.45) is 0.117. The zero-order chi connectivity index (χ0) is 13.1. The average molecular weight is 245 g/mol. The summed E-state index contributed by atoms with van der Waals surface area (Å²) in [6.45, 7) is 1.80. The van der Waals surface area contributed by atoms with Gasteiger partial charge in [0, 0.05) is 23.6 Å². The third kappa shape index (κ3) is 2.34. The van der Waals surface area contributed by atoms with Crippen LogP contribution in [0.3, 0.4) is 0 Å². The van der Waals surface area contributed by atoms with Gasteiger partial charge >= 0.3 is 0 Å². The second-order valence-electron chi connectivity index (χ2n) is 4.25. The monoisotopic (exact) mass is 245 g/mol. The van der Waals surface area contributed by atoms with Gasteiger partial charge in [0.05, 0.1) is 0 Å². The van der Waals surface area contributed by atoms with E-state index in [0.29, 0.717) is 5.56 Å². The first kappa shape index (κ1) is 12.2. The van der Waals surface area contributed by atoms with Gasteiger partial charge in [-0.15, -0.1) is 0 Å². The molecule has 4 N–H and O–H groups in total. The van der Waals surface area contributed by atoms with Gasteiger partial charge in [-0.2, -0.15) is 0 Å². The van der Waals surface area contributed by atoms with E-state index in [1.165, 1.54) is 0 Å². The zero-order valence-corrected chi connectivity index (χ0v) is 10.1. The van der Waals surface area contributed by atoms with Gasteiger partial charge in [-0.3, -0.25) is 14.7 Å². The summed E-state index contributed by atoms with van der Waals surface area (Å²) in [7, 11) is 0. The minimum absolute atomic E-state index is 0.117. The van der Waals surface area contributed by atoms with E-state index in [2.05, 4.69) is 10.2 Å². The minimum Gasteiger partial charge on any atom is -0.370 e. The molecule has 1 heterocycles. The predicted octanol–water partition coefficient (Wildman–Crippen LogP) is 1.02. The van der Waals surface area contributed by atoms with Crippen LogP contribution in [0.5, 0.6) is 0 Å². The van der Waals surface area contributed by atoms with Crippen molar-refractivity contribution in [3.05, 3.63) is 57.5 Å². The fourth-order valence-corrected chi connectivity index (χ4v) is 2.15. The van der Waals surface area contributed by atoms with Crippen molar-refractivity contribution < 1.29 is 4.79 Å². The van der Waals surface area contributed by atoms with Crippen LogP contribution in [0, 0.1) is 6.92 Å². The van der Waals surface area contributed by atoms with E-state index < -0.39 is 5.91 Å². The first-order valence-electron chi connectivity index (χ1n) is 5.70. The molecule has 5 nitrogen and oxygen atoms in total. The Bertz CT molecular complexity index is 598. The Morgan fingerprint density at radius 3 is 2.44 bits per heavy atom. The molecular formula is C13H15N3O2. The van der Waals surface area contributed by atoms with Crippen molar-refractivity contribution in [2.75, 3.05) is 0 Å². The van der Waals surface area contributed by atoms with E-state index >= 15 is 0 Å². The van der Waals surface area contributed by atoms with Gasteiger partial charge < -0.3 is 10.8 Å². The number of H-pyrrole nitrogens is 2. The summed E-state index contributed by atoms with van der Waals surface area (Å²) >= 11 is 0. The molecule has 18 heavy (non-hydrogen) atoms. The summed E-state index contributed by atoms with van der Waals surface area (Å²) < 4.78 is 0. The summed E-state index contributed by atoms with van der Waals surface area (Å²) in [5.74, 6) is -0.734. The molecule has 1 aromatic carbocycles. The van der Waals surface area contributed by atoms with Gasteiger partial charge in [0.25, 0.3) is 5.56 Å². The van der Waals surface area contributed by atoms with E-state index in [4.69, 9.17) is 5.73 Å². The molecule has 2 aromatic rings. The fourth-order valence-electron chi connectivity index (χ4n) is 2.15. The molecule has 0 aliphatic rings. The number of aromatic nitrogens is 2. The standard InChI is InChI=1S/C13H15N3O2/c1-8-12(13(18)16-15-8)10(7-11(14)17)9-5-3-2-4-6-9/h2-6,10H,7H2,1H3,(H2,14,17)(H2,15,16,18)/t10-/m1/s1. The average Bonchev–Trinajstić information content (AvgIpc) is 2.67. The third-order valence-electron chi connectivity index (χ3n) is 2.97. The largest absolute Gasteiger partial charge is 0.370 e. The summed E-state index contributed by atoms with van der Waals surface area (Å²) in [4.78, 5) is 23.0. The lowest BCUT2D eigenvalue weighted by molar-refractivity contribution is -0.118. The fraction of sp³-hybridized carbons (Fsp3) is 0.231. The van der Waals surface area contributed by atoms with Crippen molar-refractivity contribution in [2.24, 2.45) is 5.73 Å². The number of nitrogens with one attached hydrogen (secondary N) is 2. The van der Waals surface area contributed by atoms with Crippen LogP contribution >= 0.6 is 0 Å². The number of aryl methyl sites for hydroxylation is 1. The van der Waals surface area contributed by atoms with Crippen molar-refractivity contribution in [1.29, 1.82) is 0 Å². The molecule has 0 bridgehead atoms. The van der Waals surface area contributed by atoms with Crippen molar-refractivity contribution >= 4 is 5.91 Å². The van der Waals surface area contributed by atoms with Crippen LogP contribution in [0.15, 0.2) is 35.1 Å². The molecular weight excluding hydrogens is 230 g/mol. The molecule has 0 spiro atoms. The molecule has 0 aliphatic heterocycles. The third-order valence-corrected chi connectivity index (χ3v) is 2.97. The van der Waals surface area contributed by atoms with Crippen molar-refractivity contribution in [1.82, 2.24) is 10.2 Å². The topological polar surface area (TPSA) is 91.7 Å². The Morgan fingerprint density at radius 2 is 1.94 bits per heavy atom. The van der Waals surface area contributed by atoms with Gasteiger partial charge in [-0.1, -0.05) is 30.3 Å². The minimum atomic E-state index is -0.427. The number of primary amides is 1. The SMILES string of the molecule is Cc1[nH][nH]c(=O)c1[C@H](CC(N)=O)c1ccccc1. The van der Waals surface area contributed by atoms with Crippen LogP contribution in [0.25, 0.3) is 0 Å². The maximum Gasteiger partial charge on any atom is 0.267 e. The Morgan fingerprint density at radius 1 is 1.28 bits per heavy atom. The molecule has 0 unspecified atom stereocenters. The molecule has 0 radical (unpaired) electrons. The van der Waals surface area contributed by atoms with Crippen LogP contribution in [0.2, 0.25) is 0 Å².